The number of amides is 2. The first-order valence-corrected chi connectivity index (χ1v) is 9.54. The first-order chi connectivity index (χ1) is 13.7. The summed E-state index contributed by atoms with van der Waals surface area (Å²) in [6, 6.07) is 12.2. The molecular weight excluding hydrogens is 380 g/mol. The van der Waals surface area contributed by atoms with Crippen molar-refractivity contribution in [2.45, 2.75) is 0 Å². The Morgan fingerprint density at radius 3 is 2.79 bits per heavy atom. The number of carbonyl (C=O) groups excluding carboxylic acids is 2. The zero-order valence-corrected chi connectivity index (χ0v) is 15.8. The van der Waals surface area contributed by atoms with Gasteiger partial charge in [-0.05, 0) is 30.3 Å². The molecule has 0 unspecified atom stereocenters. The Kier molecular flexibility index (Phi) is 5.45. The van der Waals surface area contributed by atoms with Crippen molar-refractivity contribution in [1.82, 2.24) is 13.6 Å². The number of ether oxygens (including phenoxy) is 2. The second-order valence-electron chi connectivity index (χ2n) is 6.24. The van der Waals surface area contributed by atoms with Crippen molar-refractivity contribution in [2.75, 3.05) is 38.2 Å². The van der Waals surface area contributed by atoms with Gasteiger partial charge in [0.25, 0.3) is 11.8 Å². The fourth-order valence-electron chi connectivity index (χ4n) is 2.88. The summed E-state index contributed by atoms with van der Waals surface area (Å²) in [7, 11) is 0. The number of hydrogen-bond acceptors (Lipinski definition) is 7. The number of hydrogen-bond donors (Lipinski definition) is 1. The molecule has 2 heterocycles. The predicted molar refractivity (Wildman–Crippen MR) is 105 cm³/mol. The summed E-state index contributed by atoms with van der Waals surface area (Å²) in [5, 5.41) is 2.76. The van der Waals surface area contributed by atoms with Gasteiger partial charge in [-0.2, -0.15) is 8.75 Å². The van der Waals surface area contributed by atoms with Gasteiger partial charge in [0.2, 0.25) is 0 Å². The second-order valence-corrected chi connectivity index (χ2v) is 6.77. The Morgan fingerprint density at radius 2 is 1.93 bits per heavy atom. The van der Waals surface area contributed by atoms with Gasteiger partial charge in [-0.25, -0.2) is 0 Å². The van der Waals surface area contributed by atoms with Crippen LogP contribution < -0.4 is 10.1 Å². The Balaban J connectivity index is 1.35. The van der Waals surface area contributed by atoms with E-state index < -0.39 is 0 Å². The molecule has 144 valence electrons. The molecule has 2 aromatic carbocycles. The van der Waals surface area contributed by atoms with Gasteiger partial charge >= 0.3 is 0 Å². The average Bonchev–Trinajstić information content (AvgIpc) is 3.20. The number of nitrogens with one attached hydrogen (secondary N) is 1. The van der Waals surface area contributed by atoms with E-state index in [9.17, 15) is 9.59 Å². The smallest absolute Gasteiger partial charge is 0.262 e. The van der Waals surface area contributed by atoms with Crippen LogP contribution in [0.25, 0.3) is 11.0 Å². The normalized spacial score (nSPS) is 14.1. The quantitative estimate of drug-likeness (QED) is 0.708. The molecular formula is C19H18N4O4S. The summed E-state index contributed by atoms with van der Waals surface area (Å²) in [6.07, 6.45) is 0. The maximum absolute atomic E-state index is 12.6. The van der Waals surface area contributed by atoms with Gasteiger partial charge in [0, 0.05) is 30.4 Å². The lowest BCUT2D eigenvalue weighted by molar-refractivity contribution is -0.118. The maximum atomic E-state index is 12.6. The van der Waals surface area contributed by atoms with Crippen molar-refractivity contribution in [2.24, 2.45) is 0 Å². The van der Waals surface area contributed by atoms with Crippen LogP contribution in [0.15, 0.2) is 42.5 Å². The Hall–Kier alpha value is -3.04. The molecule has 1 aliphatic rings. The minimum Gasteiger partial charge on any atom is -0.484 e. The van der Waals surface area contributed by atoms with Gasteiger partial charge in [-0.3, -0.25) is 9.59 Å². The molecule has 28 heavy (non-hydrogen) atoms. The molecule has 1 saturated heterocycles. The topological polar surface area (TPSA) is 93.7 Å². The van der Waals surface area contributed by atoms with Crippen LogP contribution in [0.1, 0.15) is 10.4 Å². The molecule has 3 aromatic rings. The van der Waals surface area contributed by atoms with Crippen molar-refractivity contribution >= 4 is 40.3 Å². The number of benzene rings is 2. The molecule has 2 amide bonds. The maximum Gasteiger partial charge on any atom is 0.262 e. The molecule has 8 nitrogen and oxygen atoms in total. The highest BCUT2D eigenvalue weighted by Crippen LogP contribution is 2.19. The molecule has 0 spiro atoms. The lowest BCUT2D eigenvalue weighted by Gasteiger charge is -2.27. The molecule has 0 bridgehead atoms. The zero-order valence-electron chi connectivity index (χ0n) is 15.0. The van der Waals surface area contributed by atoms with Gasteiger partial charge in [0.1, 0.15) is 16.8 Å². The van der Waals surface area contributed by atoms with E-state index in [2.05, 4.69) is 14.1 Å². The van der Waals surface area contributed by atoms with Crippen molar-refractivity contribution in [3.05, 3.63) is 48.0 Å². The van der Waals surface area contributed by atoms with Gasteiger partial charge < -0.3 is 19.7 Å². The SMILES string of the molecule is O=C(COc1ccc2nsnc2c1)Nc1cccc(C(=O)N2CCOCC2)c1. The van der Waals surface area contributed by atoms with E-state index in [0.29, 0.717) is 43.3 Å². The summed E-state index contributed by atoms with van der Waals surface area (Å²) in [5.74, 6) is 0.167. The Labute approximate surface area is 165 Å². The third-order valence-electron chi connectivity index (χ3n) is 4.29. The van der Waals surface area contributed by atoms with Crippen molar-refractivity contribution in [3.8, 4) is 5.75 Å². The van der Waals surface area contributed by atoms with Crippen LogP contribution in [0.3, 0.4) is 0 Å². The summed E-state index contributed by atoms with van der Waals surface area (Å²) in [6.45, 7) is 2.08. The fourth-order valence-corrected chi connectivity index (χ4v) is 3.39. The van der Waals surface area contributed by atoms with E-state index >= 15 is 0 Å². The second kappa shape index (κ2) is 8.32. The van der Waals surface area contributed by atoms with E-state index in [4.69, 9.17) is 9.47 Å². The predicted octanol–water partition coefficient (Wildman–Crippen LogP) is 2.18. The number of fused-ring (bicyclic) bond motifs is 1. The lowest BCUT2D eigenvalue weighted by Crippen LogP contribution is -2.40. The third-order valence-corrected chi connectivity index (χ3v) is 4.84. The summed E-state index contributed by atoms with van der Waals surface area (Å²) < 4.78 is 19.1. The molecule has 0 saturated carbocycles. The molecule has 4 rings (SSSR count). The van der Waals surface area contributed by atoms with Crippen LogP contribution >= 0.6 is 11.7 Å². The van der Waals surface area contributed by atoms with Crippen LogP contribution in [-0.4, -0.2) is 58.4 Å². The van der Waals surface area contributed by atoms with E-state index in [-0.39, 0.29) is 18.4 Å². The molecule has 0 atom stereocenters. The highest BCUT2D eigenvalue weighted by Gasteiger charge is 2.18. The number of carbonyl (C=O) groups is 2. The highest BCUT2D eigenvalue weighted by atomic mass is 32.1. The number of aromatic nitrogens is 2. The third kappa shape index (κ3) is 4.26. The first-order valence-electron chi connectivity index (χ1n) is 8.81. The minimum absolute atomic E-state index is 0.0687. The largest absolute Gasteiger partial charge is 0.484 e. The Bertz CT molecular complexity index is 1000. The van der Waals surface area contributed by atoms with Crippen LogP contribution in [0.4, 0.5) is 5.69 Å². The molecule has 1 aromatic heterocycles. The van der Waals surface area contributed by atoms with E-state index in [1.165, 1.54) is 0 Å². The molecule has 0 radical (unpaired) electrons. The van der Waals surface area contributed by atoms with Crippen LogP contribution in [0.5, 0.6) is 5.75 Å². The van der Waals surface area contributed by atoms with E-state index in [1.807, 2.05) is 0 Å². The van der Waals surface area contributed by atoms with Crippen LogP contribution in [-0.2, 0) is 9.53 Å². The van der Waals surface area contributed by atoms with Gasteiger partial charge in [-0.1, -0.05) is 6.07 Å². The number of rotatable bonds is 5. The molecule has 1 N–H and O–H groups in total. The van der Waals surface area contributed by atoms with Crippen LogP contribution in [0, 0.1) is 0 Å². The Morgan fingerprint density at radius 1 is 1.11 bits per heavy atom. The summed E-state index contributed by atoms with van der Waals surface area (Å²) >= 11 is 1.13. The number of nitrogens with zero attached hydrogens (tertiary/aromatic N) is 3. The molecule has 1 aliphatic heterocycles. The summed E-state index contributed by atoms with van der Waals surface area (Å²) in [4.78, 5) is 26.5. The monoisotopic (exact) mass is 398 g/mol. The van der Waals surface area contributed by atoms with Crippen LogP contribution in [0.2, 0.25) is 0 Å². The van der Waals surface area contributed by atoms with E-state index in [0.717, 1.165) is 22.8 Å². The van der Waals surface area contributed by atoms with Crippen molar-refractivity contribution in [1.29, 1.82) is 0 Å². The van der Waals surface area contributed by atoms with Gasteiger partial charge in [0.05, 0.1) is 24.9 Å². The van der Waals surface area contributed by atoms with Gasteiger partial charge in [0.15, 0.2) is 6.61 Å². The minimum atomic E-state index is -0.313. The number of anilines is 1. The molecule has 1 fully saturated rings. The number of morpholine rings is 1. The summed E-state index contributed by atoms with van der Waals surface area (Å²) in [5.41, 5.74) is 2.61. The highest BCUT2D eigenvalue weighted by molar-refractivity contribution is 7.00. The van der Waals surface area contributed by atoms with Gasteiger partial charge in [-0.15, -0.1) is 0 Å². The lowest BCUT2D eigenvalue weighted by atomic mass is 10.1. The standard InChI is InChI=1S/C19H18N4O4S/c24-18(12-27-15-4-5-16-17(11-15)22-28-21-16)20-14-3-1-2-13(10-14)19(25)23-6-8-26-9-7-23/h1-5,10-11H,6-9,12H2,(H,20,24). The first kappa shape index (κ1) is 18.3. The molecule has 9 heteroatoms. The average molecular weight is 398 g/mol. The van der Waals surface area contributed by atoms with Crippen molar-refractivity contribution < 1.29 is 19.1 Å². The fraction of sp³-hybridized carbons (Fsp3) is 0.263. The van der Waals surface area contributed by atoms with E-state index in [1.54, 1.807) is 47.4 Å². The van der Waals surface area contributed by atoms with Crippen molar-refractivity contribution in [3.63, 3.8) is 0 Å². The zero-order chi connectivity index (χ0) is 19.3. The molecule has 0 aliphatic carbocycles.